The van der Waals surface area contributed by atoms with E-state index in [1.165, 1.54) is 18.9 Å². The standard InChI is InChI=1S/C32H34F6N2O4/c1-22(24-15-26(31(33,34)35)17-27(16-24)32(36,37)38)44-21-30(25-11-7-4-8-12-25)14-13-29(39,20-42-2)19-40(30)28(41)43-18-23-9-5-3-6-10-23/h3-12,15-17,22H,13-14,18-21,39H2,1-2H3/t22-,29?,30?/m1/s1. The first-order chi connectivity index (χ1) is 20.7. The minimum absolute atomic E-state index is 0.0110. The Kier molecular flexibility index (Phi) is 9.96. The highest BCUT2D eigenvalue weighted by atomic mass is 19.4. The van der Waals surface area contributed by atoms with Crippen LogP contribution in [0.25, 0.3) is 0 Å². The Morgan fingerprint density at radius 2 is 1.45 bits per heavy atom. The van der Waals surface area contributed by atoms with E-state index in [1.807, 2.05) is 6.07 Å². The number of ether oxygens (including phenoxy) is 3. The van der Waals surface area contributed by atoms with Gasteiger partial charge in [-0.2, -0.15) is 26.3 Å². The second kappa shape index (κ2) is 13.2. The zero-order chi connectivity index (χ0) is 32.2. The Labute approximate surface area is 251 Å². The zero-order valence-corrected chi connectivity index (χ0v) is 24.3. The molecule has 6 nitrogen and oxygen atoms in total. The van der Waals surface area contributed by atoms with Crippen LogP contribution in [0.1, 0.15) is 53.7 Å². The lowest BCUT2D eigenvalue weighted by molar-refractivity contribution is -0.143. The fraction of sp³-hybridized carbons (Fsp3) is 0.406. The van der Waals surface area contributed by atoms with Gasteiger partial charge >= 0.3 is 18.4 Å². The second-order valence-corrected chi connectivity index (χ2v) is 11.1. The van der Waals surface area contributed by atoms with Crippen LogP contribution in [-0.4, -0.2) is 43.4 Å². The van der Waals surface area contributed by atoms with Gasteiger partial charge in [0, 0.05) is 13.7 Å². The van der Waals surface area contributed by atoms with Crippen molar-refractivity contribution >= 4 is 6.09 Å². The van der Waals surface area contributed by atoms with Crippen LogP contribution < -0.4 is 5.73 Å². The summed E-state index contributed by atoms with van der Waals surface area (Å²) in [5.41, 5.74) is 2.67. The van der Waals surface area contributed by atoms with Crippen LogP contribution in [0, 0.1) is 0 Å². The van der Waals surface area contributed by atoms with E-state index in [4.69, 9.17) is 19.9 Å². The van der Waals surface area contributed by atoms with Gasteiger partial charge in [0.2, 0.25) is 0 Å². The van der Waals surface area contributed by atoms with E-state index in [1.54, 1.807) is 54.6 Å². The van der Waals surface area contributed by atoms with Crippen molar-refractivity contribution in [1.82, 2.24) is 4.90 Å². The molecule has 2 unspecified atom stereocenters. The molecule has 1 aliphatic rings. The molecule has 0 saturated carbocycles. The molecule has 0 aliphatic carbocycles. The van der Waals surface area contributed by atoms with E-state index in [9.17, 15) is 31.1 Å². The molecular formula is C32H34F6N2O4. The maximum absolute atomic E-state index is 13.8. The third-order valence-electron chi connectivity index (χ3n) is 7.85. The molecule has 0 radical (unpaired) electrons. The van der Waals surface area contributed by atoms with Gasteiger partial charge in [0.05, 0.1) is 41.5 Å². The lowest BCUT2D eigenvalue weighted by atomic mass is 9.75. The number of piperidine rings is 1. The number of hydrogen-bond acceptors (Lipinski definition) is 5. The minimum Gasteiger partial charge on any atom is -0.445 e. The molecule has 1 heterocycles. The van der Waals surface area contributed by atoms with E-state index in [0.29, 0.717) is 24.1 Å². The molecule has 238 valence electrons. The number of benzene rings is 3. The first-order valence-electron chi connectivity index (χ1n) is 13.9. The van der Waals surface area contributed by atoms with Gasteiger partial charge < -0.3 is 19.9 Å². The molecule has 44 heavy (non-hydrogen) atoms. The molecule has 0 aromatic heterocycles. The van der Waals surface area contributed by atoms with Crippen molar-refractivity contribution in [3.63, 3.8) is 0 Å². The molecular weight excluding hydrogens is 590 g/mol. The van der Waals surface area contributed by atoms with Crippen molar-refractivity contribution in [2.45, 2.75) is 55.9 Å². The number of hydrogen-bond donors (Lipinski definition) is 1. The van der Waals surface area contributed by atoms with Crippen molar-refractivity contribution in [2.24, 2.45) is 5.73 Å². The summed E-state index contributed by atoms with van der Waals surface area (Å²) in [5.74, 6) is 0. The summed E-state index contributed by atoms with van der Waals surface area (Å²) in [5, 5.41) is 0. The topological polar surface area (TPSA) is 74.0 Å². The van der Waals surface area contributed by atoms with Crippen LogP contribution >= 0.6 is 0 Å². The number of alkyl halides is 6. The van der Waals surface area contributed by atoms with Crippen LogP contribution in [0.3, 0.4) is 0 Å². The monoisotopic (exact) mass is 624 g/mol. The van der Waals surface area contributed by atoms with Gasteiger partial charge in [0.1, 0.15) is 6.61 Å². The number of carbonyl (C=O) groups excluding carboxylic acids is 1. The summed E-state index contributed by atoms with van der Waals surface area (Å²) in [4.78, 5) is 15.2. The largest absolute Gasteiger partial charge is 0.445 e. The number of methoxy groups -OCH3 is 1. The molecule has 2 N–H and O–H groups in total. The Morgan fingerprint density at radius 3 is 2.00 bits per heavy atom. The molecule has 12 heteroatoms. The highest BCUT2D eigenvalue weighted by Gasteiger charge is 2.51. The number of nitrogens with zero attached hydrogens (tertiary/aromatic N) is 1. The highest BCUT2D eigenvalue weighted by molar-refractivity contribution is 5.70. The summed E-state index contributed by atoms with van der Waals surface area (Å²) < 4.78 is 98.4. The van der Waals surface area contributed by atoms with Gasteiger partial charge in [-0.1, -0.05) is 60.7 Å². The number of rotatable bonds is 9. The van der Waals surface area contributed by atoms with E-state index >= 15 is 0 Å². The molecule has 3 aromatic carbocycles. The molecule has 1 aliphatic heterocycles. The van der Waals surface area contributed by atoms with Crippen molar-refractivity contribution < 1.29 is 45.3 Å². The normalized spacial score (nSPS) is 21.6. The van der Waals surface area contributed by atoms with Crippen molar-refractivity contribution in [1.29, 1.82) is 0 Å². The first-order valence-corrected chi connectivity index (χ1v) is 13.9. The van der Waals surface area contributed by atoms with Gasteiger partial charge in [-0.25, -0.2) is 4.79 Å². The molecule has 3 aromatic rings. The summed E-state index contributed by atoms with van der Waals surface area (Å²) in [6.45, 7) is 1.18. The molecule has 1 saturated heterocycles. The zero-order valence-electron chi connectivity index (χ0n) is 24.3. The average molecular weight is 625 g/mol. The third-order valence-corrected chi connectivity index (χ3v) is 7.85. The molecule has 4 rings (SSSR count). The predicted molar refractivity (Wildman–Crippen MR) is 150 cm³/mol. The van der Waals surface area contributed by atoms with Crippen LogP contribution in [0.4, 0.5) is 31.1 Å². The maximum Gasteiger partial charge on any atom is 0.416 e. The SMILES string of the molecule is COCC1(N)CCC(CO[C@H](C)c2cc(C(F)(F)F)cc(C(F)(F)F)c2)(c2ccccc2)N(C(=O)OCc2ccccc2)C1. The number of likely N-dealkylation sites (tertiary alicyclic amines) is 1. The third kappa shape index (κ3) is 7.72. The Balaban J connectivity index is 1.70. The van der Waals surface area contributed by atoms with Crippen LogP contribution in [0.15, 0.2) is 78.9 Å². The van der Waals surface area contributed by atoms with Crippen molar-refractivity contribution in [2.75, 3.05) is 26.9 Å². The van der Waals surface area contributed by atoms with Crippen LogP contribution in [0.5, 0.6) is 0 Å². The second-order valence-electron chi connectivity index (χ2n) is 11.1. The first kappa shape index (κ1) is 33.3. The Bertz CT molecular complexity index is 1370. The quantitative estimate of drug-likeness (QED) is 0.250. The fourth-order valence-electron chi connectivity index (χ4n) is 5.43. The van der Waals surface area contributed by atoms with Gasteiger partial charge in [-0.05, 0) is 54.7 Å². The van der Waals surface area contributed by atoms with Crippen LogP contribution in [-0.2, 0) is 38.7 Å². The van der Waals surface area contributed by atoms with Crippen molar-refractivity contribution in [3.05, 3.63) is 107 Å². The predicted octanol–water partition coefficient (Wildman–Crippen LogP) is 7.47. The molecule has 3 atom stereocenters. The fourth-order valence-corrected chi connectivity index (χ4v) is 5.43. The smallest absolute Gasteiger partial charge is 0.416 e. The number of amides is 1. The number of carbonyl (C=O) groups is 1. The lowest BCUT2D eigenvalue weighted by Gasteiger charge is -2.52. The van der Waals surface area contributed by atoms with E-state index < -0.39 is 46.8 Å². The van der Waals surface area contributed by atoms with E-state index in [0.717, 1.165) is 5.56 Å². The van der Waals surface area contributed by atoms with Gasteiger partial charge in [0.25, 0.3) is 0 Å². The average Bonchev–Trinajstić information content (AvgIpc) is 2.99. The number of halogens is 6. The van der Waals surface area contributed by atoms with Crippen molar-refractivity contribution in [3.8, 4) is 0 Å². The highest BCUT2D eigenvalue weighted by Crippen LogP contribution is 2.43. The van der Waals surface area contributed by atoms with E-state index in [-0.39, 0.29) is 44.4 Å². The number of nitrogens with two attached hydrogens (primary N) is 1. The molecule has 1 amide bonds. The molecule has 1 fully saturated rings. The van der Waals surface area contributed by atoms with Gasteiger partial charge in [-0.15, -0.1) is 0 Å². The molecule has 0 bridgehead atoms. The van der Waals surface area contributed by atoms with Gasteiger partial charge in [0.15, 0.2) is 0 Å². The minimum atomic E-state index is -5.00. The summed E-state index contributed by atoms with van der Waals surface area (Å²) in [7, 11) is 1.49. The van der Waals surface area contributed by atoms with Crippen LogP contribution in [0.2, 0.25) is 0 Å². The Hall–Kier alpha value is -3.61. The van der Waals surface area contributed by atoms with Gasteiger partial charge in [-0.3, -0.25) is 4.90 Å². The maximum atomic E-state index is 13.8. The Morgan fingerprint density at radius 1 is 0.886 bits per heavy atom. The lowest BCUT2D eigenvalue weighted by Crippen LogP contribution is -2.66. The summed E-state index contributed by atoms with van der Waals surface area (Å²) >= 11 is 0. The van der Waals surface area contributed by atoms with E-state index in [2.05, 4.69) is 0 Å². The molecule has 0 spiro atoms. The summed E-state index contributed by atoms with van der Waals surface area (Å²) in [6.07, 6.45) is -11.3. The summed E-state index contributed by atoms with van der Waals surface area (Å²) in [6, 6.07) is 19.2.